The van der Waals surface area contributed by atoms with Crippen LogP contribution in [0.15, 0.2) is 16.3 Å². The van der Waals surface area contributed by atoms with Gasteiger partial charge in [0.15, 0.2) is 0 Å². The Kier molecular flexibility index (Phi) is 4.43. The number of nitrogens with zero attached hydrogens (tertiary/aromatic N) is 2. The van der Waals surface area contributed by atoms with Crippen LogP contribution in [-0.4, -0.2) is 55.2 Å². The van der Waals surface area contributed by atoms with E-state index in [1.54, 1.807) is 18.0 Å². The lowest BCUT2D eigenvalue weighted by atomic mass is 10.4. The van der Waals surface area contributed by atoms with Gasteiger partial charge >= 0.3 is 0 Å². The van der Waals surface area contributed by atoms with Crippen LogP contribution in [-0.2, 0) is 14.8 Å². The van der Waals surface area contributed by atoms with E-state index in [0.29, 0.717) is 24.4 Å². The van der Waals surface area contributed by atoms with Gasteiger partial charge in [0, 0.05) is 20.1 Å². The molecule has 1 aromatic rings. The molecule has 0 atom stereocenters. The van der Waals surface area contributed by atoms with Gasteiger partial charge < -0.3 is 10.6 Å². The molecule has 0 bridgehead atoms. The Hall–Kier alpha value is -1.03. The molecule has 2 N–H and O–H groups in total. The molecule has 0 saturated carbocycles. The molecule has 0 aliphatic carbocycles. The standard InChI is InChI=1S/C11H15N3O3S3/c1-13-5-2-6-14(7-9(13)15)20(16,17)10-4-3-8(19-10)11(12)18/h3-4H,2,5-7H2,1H3,(H2,12,18). The predicted molar refractivity (Wildman–Crippen MR) is 81.2 cm³/mol. The lowest BCUT2D eigenvalue weighted by molar-refractivity contribution is -0.129. The number of hydrogen-bond acceptors (Lipinski definition) is 5. The summed E-state index contributed by atoms with van der Waals surface area (Å²) in [6, 6.07) is 3.07. The van der Waals surface area contributed by atoms with Crippen LogP contribution in [0.4, 0.5) is 0 Å². The van der Waals surface area contributed by atoms with Gasteiger partial charge in [-0.2, -0.15) is 4.31 Å². The van der Waals surface area contributed by atoms with Crippen LogP contribution in [0.5, 0.6) is 0 Å². The zero-order valence-electron chi connectivity index (χ0n) is 10.9. The molecule has 1 amide bonds. The highest BCUT2D eigenvalue weighted by molar-refractivity contribution is 7.91. The second-order valence-electron chi connectivity index (χ2n) is 4.49. The number of amides is 1. The second kappa shape index (κ2) is 5.76. The first kappa shape index (κ1) is 15.4. The zero-order chi connectivity index (χ0) is 14.9. The molecular weight excluding hydrogens is 318 g/mol. The van der Waals surface area contributed by atoms with Crippen molar-refractivity contribution >= 4 is 44.5 Å². The number of hydrogen-bond donors (Lipinski definition) is 1. The largest absolute Gasteiger partial charge is 0.389 e. The van der Waals surface area contributed by atoms with Crippen molar-refractivity contribution in [2.24, 2.45) is 5.73 Å². The molecule has 0 spiro atoms. The van der Waals surface area contributed by atoms with Gasteiger partial charge in [0.2, 0.25) is 5.91 Å². The summed E-state index contributed by atoms with van der Waals surface area (Å²) >= 11 is 5.86. The molecule has 9 heteroatoms. The third-order valence-corrected chi connectivity index (χ3v) is 6.84. The number of nitrogens with two attached hydrogens (primary N) is 1. The number of thiophene rings is 1. The second-order valence-corrected chi connectivity index (χ2v) is 8.18. The number of carbonyl (C=O) groups excluding carboxylic acids is 1. The molecular formula is C11H15N3O3S3. The highest BCUT2D eigenvalue weighted by atomic mass is 32.2. The van der Waals surface area contributed by atoms with E-state index in [0.717, 1.165) is 11.3 Å². The maximum absolute atomic E-state index is 12.5. The Morgan fingerprint density at radius 1 is 1.40 bits per heavy atom. The van der Waals surface area contributed by atoms with E-state index in [4.69, 9.17) is 18.0 Å². The Bertz CT molecular complexity index is 638. The fraction of sp³-hybridized carbons (Fsp3) is 0.455. The summed E-state index contributed by atoms with van der Waals surface area (Å²) in [5.74, 6) is -0.197. The normalized spacial score (nSPS) is 18.1. The van der Waals surface area contributed by atoms with Gasteiger partial charge in [-0.05, 0) is 18.6 Å². The summed E-state index contributed by atoms with van der Waals surface area (Å²) in [7, 11) is -1.99. The van der Waals surface area contributed by atoms with Crippen molar-refractivity contribution in [2.75, 3.05) is 26.7 Å². The van der Waals surface area contributed by atoms with Gasteiger partial charge in [-0.25, -0.2) is 8.42 Å². The van der Waals surface area contributed by atoms with E-state index in [2.05, 4.69) is 0 Å². The van der Waals surface area contributed by atoms with Crippen LogP contribution in [0, 0.1) is 0 Å². The number of sulfonamides is 1. The Balaban J connectivity index is 2.29. The van der Waals surface area contributed by atoms with E-state index < -0.39 is 10.0 Å². The monoisotopic (exact) mass is 333 g/mol. The quantitative estimate of drug-likeness (QED) is 0.801. The summed E-state index contributed by atoms with van der Waals surface area (Å²) in [6.45, 7) is 0.769. The van der Waals surface area contributed by atoms with Gasteiger partial charge in [0.05, 0.1) is 11.4 Å². The van der Waals surface area contributed by atoms with E-state index in [1.165, 1.54) is 10.4 Å². The molecule has 1 aromatic heterocycles. The Morgan fingerprint density at radius 3 is 2.70 bits per heavy atom. The van der Waals surface area contributed by atoms with Crippen molar-refractivity contribution < 1.29 is 13.2 Å². The highest BCUT2D eigenvalue weighted by Crippen LogP contribution is 2.25. The van der Waals surface area contributed by atoms with Crippen molar-refractivity contribution in [3.05, 3.63) is 17.0 Å². The fourth-order valence-electron chi connectivity index (χ4n) is 1.88. The topological polar surface area (TPSA) is 83.7 Å². The minimum atomic E-state index is -3.67. The Labute approximate surface area is 127 Å². The van der Waals surface area contributed by atoms with Gasteiger partial charge in [0.1, 0.15) is 9.20 Å². The van der Waals surface area contributed by atoms with Crippen molar-refractivity contribution in [1.82, 2.24) is 9.21 Å². The predicted octanol–water partition coefficient (Wildman–Crippen LogP) is 0.235. The maximum atomic E-state index is 12.5. The first-order valence-electron chi connectivity index (χ1n) is 5.96. The number of likely N-dealkylation sites (N-methyl/N-ethyl adjacent to an activating group) is 1. The van der Waals surface area contributed by atoms with Crippen LogP contribution >= 0.6 is 23.6 Å². The molecule has 110 valence electrons. The Morgan fingerprint density at radius 2 is 2.10 bits per heavy atom. The molecule has 0 aromatic carbocycles. The van der Waals surface area contributed by atoms with Crippen molar-refractivity contribution in [3.63, 3.8) is 0 Å². The highest BCUT2D eigenvalue weighted by Gasteiger charge is 2.30. The summed E-state index contributed by atoms with van der Waals surface area (Å²) in [5, 5.41) is 0. The smallest absolute Gasteiger partial charge is 0.253 e. The van der Waals surface area contributed by atoms with Gasteiger partial charge in [-0.3, -0.25) is 4.79 Å². The molecule has 1 fully saturated rings. The molecule has 6 nitrogen and oxygen atoms in total. The summed E-state index contributed by atoms with van der Waals surface area (Å²) < 4.78 is 26.4. The molecule has 2 rings (SSSR count). The minimum absolute atomic E-state index is 0.126. The fourth-order valence-corrected chi connectivity index (χ4v) is 4.82. The first-order valence-corrected chi connectivity index (χ1v) is 8.62. The maximum Gasteiger partial charge on any atom is 0.253 e. The SMILES string of the molecule is CN1CCCN(S(=O)(=O)c2ccc(C(N)=S)s2)CC1=O. The van der Waals surface area contributed by atoms with Crippen LogP contribution < -0.4 is 5.73 Å². The average Bonchev–Trinajstić information content (AvgIpc) is 2.81. The molecule has 1 saturated heterocycles. The summed E-state index contributed by atoms with van der Waals surface area (Å²) in [5.41, 5.74) is 5.49. The minimum Gasteiger partial charge on any atom is -0.389 e. The molecule has 1 aliphatic heterocycles. The van der Waals surface area contributed by atoms with Crippen LogP contribution in [0.1, 0.15) is 11.3 Å². The first-order chi connectivity index (χ1) is 9.32. The summed E-state index contributed by atoms with van der Waals surface area (Å²) in [4.78, 5) is 14.1. The zero-order valence-corrected chi connectivity index (χ0v) is 13.4. The third-order valence-electron chi connectivity index (χ3n) is 3.06. The molecule has 1 aliphatic rings. The van der Waals surface area contributed by atoms with Gasteiger partial charge in [0.25, 0.3) is 10.0 Å². The number of rotatable bonds is 3. The molecule has 2 heterocycles. The van der Waals surface area contributed by atoms with E-state index in [1.807, 2.05) is 0 Å². The van der Waals surface area contributed by atoms with Crippen LogP contribution in [0.25, 0.3) is 0 Å². The van der Waals surface area contributed by atoms with Gasteiger partial charge in [-0.1, -0.05) is 12.2 Å². The lowest BCUT2D eigenvalue weighted by Gasteiger charge is -2.18. The van der Waals surface area contributed by atoms with E-state index in [9.17, 15) is 13.2 Å². The van der Waals surface area contributed by atoms with Crippen molar-refractivity contribution in [2.45, 2.75) is 10.6 Å². The average molecular weight is 333 g/mol. The van der Waals surface area contributed by atoms with Crippen LogP contribution in [0.3, 0.4) is 0 Å². The van der Waals surface area contributed by atoms with E-state index >= 15 is 0 Å². The van der Waals surface area contributed by atoms with Crippen molar-refractivity contribution in [1.29, 1.82) is 0 Å². The third kappa shape index (κ3) is 3.00. The lowest BCUT2D eigenvalue weighted by Crippen LogP contribution is -2.37. The van der Waals surface area contributed by atoms with Crippen LogP contribution in [0.2, 0.25) is 0 Å². The number of carbonyl (C=O) groups is 1. The summed E-state index contributed by atoms with van der Waals surface area (Å²) in [6.07, 6.45) is 0.620. The van der Waals surface area contributed by atoms with E-state index in [-0.39, 0.29) is 21.6 Å². The van der Waals surface area contributed by atoms with Gasteiger partial charge in [-0.15, -0.1) is 11.3 Å². The number of thiocarbonyl (C=S) groups is 1. The molecule has 0 radical (unpaired) electrons. The van der Waals surface area contributed by atoms with Crippen molar-refractivity contribution in [3.8, 4) is 0 Å². The molecule has 0 unspecified atom stereocenters. The molecule has 20 heavy (non-hydrogen) atoms.